The molecule has 9 heteroatoms. The number of hydrogen-bond acceptors (Lipinski definition) is 7. The van der Waals surface area contributed by atoms with E-state index in [9.17, 15) is 14.7 Å². The van der Waals surface area contributed by atoms with Crippen LogP contribution < -0.4 is 5.32 Å². The summed E-state index contributed by atoms with van der Waals surface area (Å²) in [4.78, 5) is 27.7. The number of benzene rings is 7. The minimum absolute atomic E-state index is 0.0365. The normalized spacial score (nSPS) is 12.6. The van der Waals surface area contributed by atoms with Gasteiger partial charge in [0.2, 0.25) is 5.91 Å². The topological polar surface area (TPSA) is 116 Å². The number of carboxylic acid groups (broad SMARTS) is 1. The number of nitrogens with zero attached hydrogens (tertiary/aromatic N) is 4. The van der Waals surface area contributed by atoms with Crippen LogP contribution >= 0.6 is 11.8 Å². The van der Waals surface area contributed by atoms with E-state index >= 15 is 0 Å². The Balaban J connectivity index is 1.15. The van der Waals surface area contributed by atoms with Crippen molar-refractivity contribution in [3.63, 3.8) is 0 Å². The molecule has 0 unspecified atom stereocenters. The zero-order valence-corrected chi connectivity index (χ0v) is 33.2. The molecule has 0 aliphatic carbocycles. The van der Waals surface area contributed by atoms with Crippen molar-refractivity contribution in [3.8, 4) is 0 Å². The summed E-state index contributed by atoms with van der Waals surface area (Å²) < 4.78 is -0.618. The summed E-state index contributed by atoms with van der Waals surface area (Å²) in [6, 6.07) is 64.3. The van der Waals surface area contributed by atoms with Gasteiger partial charge in [-0.15, -0.1) is 11.8 Å². The minimum Gasteiger partial charge on any atom is -0.479 e. The molecule has 2 N–H and O–H groups in total. The van der Waals surface area contributed by atoms with Crippen molar-refractivity contribution < 1.29 is 14.7 Å². The first-order valence-corrected chi connectivity index (χ1v) is 20.4. The Labute approximate surface area is 348 Å². The van der Waals surface area contributed by atoms with E-state index in [4.69, 9.17) is 0 Å². The van der Waals surface area contributed by atoms with Crippen LogP contribution in [0.4, 0.5) is 22.7 Å². The van der Waals surface area contributed by atoms with E-state index in [1.165, 1.54) is 0 Å². The molecule has 0 saturated carbocycles. The summed E-state index contributed by atoms with van der Waals surface area (Å²) >= 11 is 1.66. The number of carbonyl (C=O) groups is 2. The number of rotatable bonds is 17. The highest BCUT2D eigenvalue weighted by molar-refractivity contribution is 8.00. The number of azo groups is 2. The van der Waals surface area contributed by atoms with Gasteiger partial charge >= 0.3 is 5.97 Å². The molecule has 7 rings (SSSR count). The fourth-order valence-electron chi connectivity index (χ4n) is 7.03. The second-order valence-corrected chi connectivity index (χ2v) is 15.4. The van der Waals surface area contributed by atoms with Gasteiger partial charge in [-0.3, -0.25) is 4.79 Å². The Bertz CT molecular complexity index is 2280. The Kier molecular flexibility index (Phi) is 13.3. The Morgan fingerprint density at radius 3 is 1.12 bits per heavy atom. The molecular formula is C50H43N5O3S. The molecule has 59 heavy (non-hydrogen) atoms. The molecule has 0 spiro atoms. The highest BCUT2D eigenvalue weighted by Crippen LogP contribution is 2.48. The lowest BCUT2D eigenvalue weighted by molar-refractivity contribution is -0.147. The summed E-state index contributed by atoms with van der Waals surface area (Å²) in [5.74, 6) is -1.07. The lowest BCUT2D eigenvalue weighted by atomic mass is 9.84. The summed E-state index contributed by atoms with van der Waals surface area (Å²) in [5, 5.41) is 31.4. The molecule has 0 saturated heterocycles. The second-order valence-electron chi connectivity index (χ2n) is 14.1. The summed E-state index contributed by atoms with van der Waals surface area (Å²) in [6.07, 6.45) is 0.162. The monoisotopic (exact) mass is 793 g/mol. The molecule has 1 amide bonds. The van der Waals surface area contributed by atoms with Crippen LogP contribution in [0.2, 0.25) is 0 Å². The van der Waals surface area contributed by atoms with E-state index in [1.54, 1.807) is 36.0 Å². The van der Waals surface area contributed by atoms with Crippen molar-refractivity contribution in [3.05, 3.63) is 228 Å². The van der Waals surface area contributed by atoms with E-state index in [1.807, 2.05) is 140 Å². The van der Waals surface area contributed by atoms with Gasteiger partial charge in [0, 0.05) is 25.0 Å². The molecule has 0 aliphatic rings. The first-order valence-electron chi connectivity index (χ1n) is 19.4. The zero-order valence-electron chi connectivity index (χ0n) is 32.3. The third-order valence-corrected chi connectivity index (χ3v) is 11.5. The van der Waals surface area contributed by atoms with Gasteiger partial charge in [0.25, 0.3) is 0 Å². The number of nitrogens with one attached hydrogen (secondary N) is 1. The fraction of sp³-hybridized carbons (Fsp3) is 0.120. The van der Waals surface area contributed by atoms with Gasteiger partial charge in [-0.1, -0.05) is 152 Å². The molecule has 0 radical (unpaired) electrons. The quantitative estimate of drug-likeness (QED) is 0.0705. The standard InChI is InChI=1S/C50H43N5O3S/c56-47(34-35-59-50(40-16-6-1-7-17-40,41-18-8-2-9-19-41)42-20-10-3-11-21-42)51-49(48(57)58,36-38-26-30-45(31-27-38)54-52-43-22-12-4-13-23-43)37-39-28-32-46(33-29-39)55-53-44-24-14-5-15-25-44/h1-33H,34-37H2,(H,51,56)(H,57,58). The van der Waals surface area contributed by atoms with Gasteiger partial charge in [0.05, 0.1) is 27.5 Å². The average molecular weight is 794 g/mol. The first-order chi connectivity index (χ1) is 28.9. The Morgan fingerprint density at radius 2 is 0.780 bits per heavy atom. The van der Waals surface area contributed by atoms with Crippen molar-refractivity contribution in [1.29, 1.82) is 0 Å². The molecule has 0 aromatic heterocycles. The SMILES string of the molecule is O=C(CCSC(c1ccccc1)(c1ccccc1)c1ccccc1)NC(Cc1ccc(N=Nc2ccccc2)cc1)(Cc1ccc(N=Nc2ccccc2)cc1)C(=O)O. The highest BCUT2D eigenvalue weighted by atomic mass is 32.2. The average Bonchev–Trinajstić information content (AvgIpc) is 3.29. The van der Waals surface area contributed by atoms with Crippen LogP contribution in [0.15, 0.2) is 221 Å². The highest BCUT2D eigenvalue weighted by Gasteiger charge is 2.41. The number of aliphatic carboxylic acids is 1. The minimum atomic E-state index is -1.67. The van der Waals surface area contributed by atoms with Crippen LogP contribution in [0.25, 0.3) is 0 Å². The zero-order chi connectivity index (χ0) is 40.8. The van der Waals surface area contributed by atoms with E-state index in [0.717, 1.165) is 39.2 Å². The van der Waals surface area contributed by atoms with E-state index < -0.39 is 16.3 Å². The molecule has 0 aliphatic heterocycles. The second kappa shape index (κ2) is 19.5. The number of carboxylic acids is 1. The fourth-order valence-corrected chi connectivity index (χ4v) is 8.53. The van der Waals surface area contributed by atoms with Crippen LogP contribution in [0.5, 0.6) is 0 Å². The van der Waals surface area contributed by atoms with Gasteiger partial charge in [-0.2, -0.15) is 20.5 Å². The Hall–Kier alpha value is -6.97. The van der Waals surface area contributed by atoms with Gasteiger partial charge < -0.3 is 10.4 Å². The lowest BCUT2D eigenvalue weighted by Crippen LogP contribution is -2.57. The lowest BCUT2D eigenvalue weighted by Gasteiger charge is -2.36. The van der Waals surface area contributed by atoms with Crippen molar-refractivity contribution in [1.82, 2.24) is 5.32 Å². The van der Waals surface area contributed by atoms with Gasteiger partial charge in [0.15, 0.2) is 0 Å². The number of thioether (sulfide) groups is 1. The van der Waals surface area contributed by atoms with Crippen LogP contribution in [-0.2, 0) is 27.2 Å². The maximum Gasteiger partial charge on any atom is 0.330 e. The number of hydrogen-bond donors (Lipinski definition) is 2. The molecule has 7 aromatic rings. The molecule has 7 aromatic carbocycles. The molecule has 0 fully saturated rings. The van der Waals surface area contributed by atoms with Crippen molar-refractivity contribution in [2.24, 2.45) is 20.5 Å². The molecule has 292 valence electrons. The van der Waals surface area contributed by atoms with Gasteiger partial charge in [0.1, 0.15) is 5.54 Å². The van der Waals surface area contributed by atoms with Gasteiger partial charge in [-0.05, 0) is 76.3 Å². The maximum absolute atomic E-state index is 14.1. The van der Waals surface area contributed by atoms with Crippen molar-refractivity contribution in [2.45, 2.75) is 29.5 Å². The smallest absolute Gasteiger partial charge is 0.330 e. The summed E-state index contributed by atoms with van der Waals surface area (Å²) in [7, 11) is 0. The molecule has 0 heterocycles. The third kappa shape index (κ3) is 10.3. The Morgan fingerprint density at radius 1 is 0.458 bits per heavy atom. The predicted octanol–water partition coefficient (Wildman–Crippen LogP) is 12.4. The molecule has 8 nitrogen and oxygen atoms in total. The largest absolute Gasteiger partial charge is 0.479 e. The maximum atomic E-state index is 14.1. The van der Waals surface area contributed by atoms with Crippen molar-refractivity contribution in [2.75, 3.05) is 5.75 Å². The number of carbonyl (C=O) groups excluding carboxylic acids is 1. The molecule has 0 atom stereocenters. The number of amides is 1. The van der Waals surface area contributed by atoms with E-state index in [0.29, 0.717) is 17.1 Å². The summed E-state index contributed by atoms with van der Waals surface area (Å²) in [5.41, 5.74) is 5.74. The van der Waals surface area contributed by atoms with Crippen LogP contribution in [-0.4, -0.2) is 28.3 Å². The van der Waals surface area contributed by atoms with Crippen LogP contribution in [0.1, 0.15) is 34.2 Å². The first kappa shape index (κ1) is 40.2. The van der Waals surface area contributed by atoms with Crippen molar-refractivity contribution >= 4 is 46.4 Å². The predicted molar refractivity (Wildman–Crippen MR) is 236 cm³/mol. The van der Waals surface area contributed by atoms with E-state index in [-0.39, 0.29) is 25.2 Å². The molecule has 0 bridgehead atoms. The van der Waals surface area contributed by atoms with Crippen LogP contribution in [0.3, 0.4) is 0 Å². The summed E-state index contributed by atoms with van der Waals surface area (Å²) in [6.45, 7) is 0. The van der Waals surface area contributed by atoms with Crippen LogP contribution in [0, 0.1) is 0 Å². The van der Waals surface area contributed by atoms with E-state index in [2.05, 4.69) is 62.2 Å². The molecular weight excluding hydrogens is 751 g/mol. The third-order valence-electron chi connectivity index (χ3n) is 9.94. The van der Waals surface area contributed by atoms with Gasteiger partial charge in [-0.25, -0.2) is 4.79 Å².